The van der Waals surface area contributed by atoms with Crippen molar-refractivity contribution < 1.29 is 4.79 Å². The van der Waals surface area contributed by atoms with Gasteiger partial charge in [0.1, 0.15) is 5.69 Å². The van der Waals surface area contributed by atoms with Gasteiger partial charge in [-0.15, -0.1) is 0 Å². The van der Waals surface area contributed by atoms with Gasteiger partial charge in [0.25, 0.3) is 5.91 Å². The average Bonchev–Trinajstić information content (AvgIpc) is 2.58. The number of anilines is 3. The minimum Gasteiger partial charge on any atom is -0.324 e. The number of carbonyl (C=O) groups excluding carboxylic acids is 1. The molecule has 0 aliphatic rings. The Hall–Kier alpha value is -2.63. The number of aromatic nitrogens is 2. The Balaban J connectivity index is 1.82. The fourth-order valence-electron chi connectivity index (χ4n) is 2.16. The molecular weight excluding hydrogens is 359 g/mol. The first-order valence-corrected chi connectivity index (χ1v) is 8.21. The summed E-state index contributed by atoms with van der Waals surface area (Å²) in [5.41, 5.74) is 2.30. The van der Waals surface area contributed by atoms with Gasteiger partial charge in [0, 0.05) is 17.1 Å². The lowest BCUT2D eigenvalue weighted by Gasteiger charge is -2.09. The molecule has 1 aromatic heterocycles. The molecule has 3 rings (SSSR count). The molecule has 126 valence electrons. The number of rotatable bonds is 4. The van der Waals surface area contributed by atoms with E-state index in [1.807, 2.05) is 18.2 Å². The van der Waals surface area contributed by atoms with E-state index in [0.29, 0.717) is 33.1 Å². The van der Waals surface area contributed by atoms with Crippen LogP contribution in [0.15, 0.2) is 54.6 Å². The molecule has 7 heteroatoms. The Morgan fingerprint density at radius 3 is 2.40 bits per heavy atom. The number of aryl methyl sites for hydroxylation is 1. The van der Waals surface area contributed by atoms with Crippen molar-refractivity contribution in [3.63, 3.8) is 0 Å². The maximum absolute atomic E-state index is 12.4. The SMILES string of the molecule is Cc1cc(C(=O)Nc2ccccc2)nc(Nc2ccc(Cl)c(Cl)c2)n1. The summed E-state index contributed by atoms with van der Waals surface area (Å²) >= 11 is 11.9. The zero-order valence-corrected chi connectivity index (χ0v) is 14.8. The Bertz CT molecular complexity index is 916. The van der Waals surface area contributed by atoms with E-state index >= 15 is 0 Å². The smallest absolute Gasteiger partial charge is 0.274 e. The first kappa shape index (κ1) is 17.2. The Morgan fingerprint density at radius 1 is 0.920 bits per heavy atom. The number of para-hydroxylation sites is 1. The molecule has 1 amide bonds. The van der Waals surface area contributed by atoms with Gasteiger partial charge in [0.05, 0.1) is 10.0 Å². The van der Waals surface area contributed by atoms with E-state index < -0.39 is 0 Å². The molecule has 0 fully saturated rings. The van der Waals surface area contributed by atoms with Gasteiger partial charge in [-0.2, -0.15) is 0 Å². The molecule has 1 heterocycles. The minimum absolute atomic E-state index is 0.263. The van der Waals surface area contributed by atoms with Crippen LogP contribution in [-0.4, -0.2) is 15.9 Å². The molecule has 0 aliphatic heterocycles. The number of amides is 1. The highest BCUT2D eigenvalue weighted by Crippen LogP contribution is 2.26. The van der Waals surface area contributed by atoms with Crippen LogP contribution in [0.1, 0.15) is 16.2 Å². The van der Waals surface area contributed by atoms with Crippen LogP contribution < -0.4 is 10.6 Å². The van der Waals surface area contributed by atoms with E-state index in [9.17, 15) is 4.79 Å². The molecule has 0 bridgehead atoms. The molecule has 0 spiro atoms. The Labute approximate surface area is 155 Å². The molecule has 0 saturated carbocycles. The average molecular weight is 373 g/mol. The van der Waals surface area contributed by atoms with Gasteiger partial charge in [-0.05, 0) is 43.3 Å². The standard InChI is InChI=1S/C18H14Cl2N4O/c1-11-9-16(17(25)22-12-5-3-2-4-6-12)24-18(21-11)23-13-7-8-14(19)15(20)10-13/h2-10H,1H3,(H,22,25)(H,21,23,24). The molecule has 5 nitrogen and oxygen atoms in total. The Morgan fingerprint density at radius 2 is 1.68 bits per heavy atom. The zero-order chi connectivity index (χ0) is 17.8. The van der Waals surface area contributed by atoms with Crippen LogP contribution in [0, 0.1) is 6.92 Å². The first-order valence-electron chi connectivity index (χ1n) is 7.45. The number of nitrogens with one attached hydrogen (secondary N) is 2. The number of halogens is 2. The minimum atomic E-state index is -0.311. The normalized spacial score (nSPS) is 10.4. The maximum atomic E-state index is 12.4. The second kappa shape index (κ2) is 7.51. The molecule has 0 unspecified atom stereocenters. The van der Waals surface area contributed by atoms with Crippen LogP contribution in [0.3, 0.4) is 0 Å². The van der Waals surface area contributed by atoms with E-state index in [1.54, 1.807) is 43.3 Å². The lowest BCUT2D eigenvalue weighted by molar-refractivity contribution is 0.102. The van der Waals surface area contributed by atoms with Gasteiger partial charge >= 0.3 is 0 Å². The number of benzene rings is 2. The molecule has 25 heavy (non-hydrogen) atoms. The lowest BCUT2D eigenvalue weighted by atomic mass is 10.3. The highest BCUT2D eigenvalue weighted by molar-refractivity contribution is 6.42. The van der Waals surface area contributed by atoms with E-state index in [-0.39, 0.29) is 11.6 Å². The summed E-state index contributed by atoms with van der Waals surface area (Å²) in [5.74, 6) is -0.00881. The van der Waals surface area contributed by atoms with Gasteiger partial charge in [-0.1, -0.05) is 41.4 Å². The van der Waals surface area contributed by atoms with Crippen LogP contribution >= 0.6 is 23.2 Å². The van der Waals surface area contributed by atoms with Crippen LogP contribution in [0.2, 0.25) is 10.0 Å². The van der Waals surface area contributed by atoms with Crippen LogP contribution in [-0.2, 0) is 0 Å². The lowest BCUT2D eigenvalue weighted by Crippen LogP contribution is -2.15. The summed E-state index contributed by atoms with van der Waals surface area (Å²) in [7, 11) is 0. The molecule has 0 atom stereocenters. The summed E-state index contributed by atoms with van der Waals surface area (Å²) in [6.07, 6.45) is 0. The van der Waals surface area contributed by atoms with Crippen molar-refractivity contribution in [3.05, 3.63) is 76.0 Å². The topological polar surface area (TPSA) is 66.9 Å². The van der Waals surface area contributed by atoms with Crippen molar-refractivity contribution >= 4 is 46.4 Å². The fraction of sp³-hybridized carbons (Fsp3) is 0.0556. The van der Waals surface area contributed by atoms with Gasteiger partial charge in [-0.25, -0.2) is 9.97 Å². The molecule has 2 N–H and O–H groups in total. The highest BCUT2D eigenvalue weighted by Gasteiger charge is 2.11. The number of nitrogens with zero attached hydrogens (tertiary/aromatic N) is 2. The van der Waals surface area contributed by atoms with Crippen LogP contribution in [0.25, 0.3) is 0 Å². The number of carbonyl (C=O) groups is 1. The van der Waals surface area contributed by atoms with Gasteiger partial charge in [0.15, 0.2) is 0 Å². The third kappa shape index (κ3) is 4.47. The largest absolute Gasteiger partial charge is 0.324 e. The quantitative estimate of drug-likeness (QED) is 0.669. The Kier molecular flexibility index (Phi) is 5.16. The van der Waals surface area contributed by atoms with Crippen molar-refractivity contribution in [1.29, 1.82) is 0 Å². The van der Waals surface area contributed by atoms with E-state index in [4.69, 9.17) is 23.2 Å². The molecule has 0 saturated heterocycles. The van der Waals surface area contributed by atoms with Crippen molar-refractivity contribution in [3.8, 4) is 0 Å². The molecular formula is C18H14Cl2N4O. The van der Waals surface area contributed by atoms with E-state index in [0.717, 1.165) is 0 Å². The number of hydrogen-bond acceptors (Lipinski definition) is 4. The first-order chi connectivity index (χ1) is 12.0. The third-order valence-electron chi connectivity index (χ3n) is 3.29. The monoisotopic (exact) mass is 372 g/mol. The van der Waals surface area contributed by atoms with Gasteiger partial charge < -0.3 is 10.6 Å². The molecule has 2 aromatic carbocycles. The second-order valence-electron chi connectivity index (χ2n) is 5.29. The summed E-state index contributed by atoms with van der Waals surface area (Å²) in [6.45, 7) is 1.79. The van der Waals surface area contributed by atoms with Gasteiger partial charge in [0.2, 0.25) is 5.95 Å². The predicted octanol–water partition coefficient (Wildman–Crippen LogP) is 5.09. The third-order valence-corrected chi connectivity index (χ3v) is 4.03. The highest BCUT2D eigenvalue weighted by atomic mass is 35.5. The molecule has 3 aromatic rings. The predicted molar refractivity (Wildman–Crippen MR) is 101 cm³/mol. The van der Waals surface area contributed by atoms with Crippen LogP contribution in [0.5, 0.6) is 0 Å². The van der Waals surface area contributed by atoms with E-state index in [2.05, 4.69) is 20.6 Å². The fourth-order valence-corrected chi connectivity index (χ4v) is 2.46. The zero-order valence-electron chi connectivity index (χ0n) is 13.3. The molecule has 0 radical (unpaired) electrons. The molecule has 0 aliphatic carbocycles. The van der Waals surface area contributed by atoms with Crippen molar-refractivity contribution in [2.75, 3.05) is 10.6 Å². The summed E-state index contributed by atoms with van der Waals surface area (Å²) < 4.78 is 0. The summed E-state index contributed by atoms with van der Waals surface area (Å²) in [4.78, 5) is 21.0. The van der Waals surface area contributed by atoms with Crippen LogP contribution in [0.4, 0.5) is 17.3 Å². The maximum Gasteiger partial charge on any atom is 0.274 e. The van der Waals surface area contributed by atoms with Crippen molar-refractivity contribution in [2.45, 2.75) is 6.92 Å². The van der Waals surface area contributed by atoms with E-state index in [1.165, 1.54) is 0 Å². The van der Waals surface area contributed by atoms with Crippen molar-refractivity contribution in [2.24, 2.45) is 0 Å². The number of hydrogen-bond donors (Lipinski definition) is 2. The second-order valence-corrected chi connectivity index (χ2v) is 6.11. The van der Waals surface area contributed by atoms with Gasteiger partial charge in [-0.3, -0.25) is 4.79 Å². The summed E-state index contributed by atoms with van der Waals surface area (Å²) in [6, 6.07) is 15.9. The summed E-state index contributed by atoms with van der Waals surface area (Å²) in [5, 5.41) is 6.70. The van der Waals surface area contributed by atoms with Crippen molar-refractivity contribution in [1.82, 2.24) is 9.97 Å².